The van der Waals surface area contributed by atoms with Crippen LogP contribution in [0.15, 0.2) is 12.2 Å². The van der Waals surface area contributed by atoms with Crippen LogP contribution in [0.5, 0.6) is 0 Å². The van der Waals surface area contributed by atoms with E-state index in [-0.39, 0.29) is 6.03 Å². The van der Waals surface area contributed by atoms with Crippen LogP contribution in [0.4, 0.5) is 4.79 Å². The Balaban J connectivity index is 1.82. The van der Waals surface area contributed by atoms with Gasteiger partial charge in [-0.2, -0.15) is 0 Å². The molecule has 1 aliphatic heterocycles. The summed E-state index contributed by atoms with van der Waals surface area (Å²) >= 11 is 0. The number of rotatable bonds is 4. The molecule has 1 fully saturated rings. The van der Waals surface area contributed by atoms with Crippen LogP contribution in [0.3, 0.4) is 0 Å². The van der Waals surface area contributed by atoms with Crippen molar-refractivity contribution in [3.63, 3.8) is 0 Å². The third-order valence-corrected chi connectivity index (χ3v) is 4.69. The molecule has 0 spiro atoms. The minimum Gasteiger partial charge on any atom is -0.481 e. The standard InChI is InChI=1S/C15H24N2O3/c1-2-15(13(18)19)8-9-17(11-15)14(20)16-10-12-6-4-3-5-7-12/h3-4,12H,2,5-11H2,1H3,(H,16,20)(H,18,19). The Morgan fingerprint density at radius 2 is 2.25 bits per heavy atom. The minimum absolute atomic E-state index is 0.115. The summed E-state index contributed by atoms with van der Waals surface area (Å²) in [5, 5.41) is 12.3. The van der Waals surface area contributed by atoms with Crippen LogP contribution in [0.25, 0.3) is 0 Å². The molecule has 5 nitrogen and oxygen atoms in total. The Hall–Kier alpha value is -1.52. The van der Waals surface area contributed by atoms with Crippen molar-refractivity contribution >= 4 is 12.0 Å². The molecule has 0 aromatic rings. The largest absolute Gasteiger partial charge is 0.481 e. The van der Waals surface area contributed by atoms with E-state index in [2.05, 4.69) is 17.5 Å². The van der Waals surface area contributed by atoms with Crippen molar-refractivity contribution in [1.29, 1.82) is 0 Å². The molecule has 0 saturated carbocycles. The summed E-state index contributed by atoms with van der Waals surface area (Å²) in [4.78, 5) is 25.1. The molecular formula is C15H24N2O3. The second-order valence-corrected chi connectivity index (χ2v) is 5.95. The number of likely N-dealkylation sites (tertiary alicyclic amines) is 1. The van der Waals surface area contributed by atoms with Crippen LogP contribution in [-0.4, -0.2) is 41.6 Å². The molecule has 2 rings (SSSR count). The topological polar surface area (TPSA) is 69.6 Å². The van der Waals surface area contributed by atoms with Crippen LogP contribution in [0.2, 0.25) is 0 Å². The highest BCUT2D eigenvalue weighted by Crippen LogP contribution is 2.34. The number of carbonyl (C=O) groups excluding carboxylic acids is 1. The lowest BCUT2D eigenvalue weighted by Gasteiger charge is -2.24. The highest BCUT2D eigenvalue weighted by molar-refractivity contribution is 5.79. The van der Waals surface area contributed by atoms with E-state index in [9.17, 15) is 14.7 Å². The van der Waals surface area contributed by atoms with Crippen LogP contribution >= 0.6 is 0 Å². The van der Waals surface area contributed by atoms with Gasteiger partial charge in [-0.05, 0) is 38.0 Å². The number of nitrogens with zero attached hydrogens (tertiary/aromatic N) is 1. The van der Waals surface area contributed by atoms with Gasteiger partial charge in [0.1, 0.15) is 0 Å². The number of hydrogen-bond acceptors (Lipinski definition) is 2. The zero-order chi connectivity index (χ0) is 14.6. The van der Waals surface area contributed by atoms with Gasteiger partial charge in [-0.15, -0.1) is 0 Å². The van der Waals surface area contributed by atoms with Gasteiger partial charge in [-0.25, -0.2) is 4.79 Å². The van der Waals surface area contributed by atoms with E-state index < -0.39 is 11.4 Å². The molecular weight excluding hydrogens is 256 g/mol. The molecule has 2 aliphatic rings. The number of carbonyl (C=O) groups is 2. The Labute approximate surface area is 120 Å². The molecule has 2 N–H and O–H groups in total. The van der Waals surface area contributed by atoms with E-state index in [0.29, 0.717) is 38.4 Å². The average Bonchev–Trinajstić information content (AvgIpc) is 2.92. The summed E-state index contributed by atoms with van der Waals surface area (Å²) in [5.41, 5.74) is -0.745. The fraction of sp³-hybridized carbons (Fsp3) is 0.733. The fourth-order valence-electron chi connectivity index (χ4n) is 3.05. The van der Waals surface area contributed by atoms with Crippen LogP contribution in [0, 0.1) is 11.3 Å². The molecule has 2 atom stereocenters. The molecule has 1 saturated heterocycles. The van der Waals surface area contributed by atoms with Crippen LogP contribution in [-0.2, 0) is 4.79 Å². The number of aliphatic carboxylic acids is 1. The lowest BCUT2D eigenvalue weighted by Crippen LogP contribution is -2.43. The average molecular weight is 280 g/mol. The number of urea groups is 1. The van der Waals surface area contributed by atoms with Crippen LogP contribution in [0.1, 0.15) is 39.0 Å². The van der Waals surface area contributed by atoms with Crippen molar-refractivity contribution in [2.24, 2.45) is 11.3 Å². The first-order valence-electron chi connectivity index (χ1n) is 7.48. The summed E-state index contributed by atoms with van der Waals surface area (Å²) in [6.07, 6.45) is 8.70. The maximum atomic E-state index is 12.1. The molecule has 112 valence electrons. The van der Waals surface area contributed by atoms with E-state index >= 15 is 0 Å². The number of hydrogen-bond donors (Lipinski definition) is 2. The molecule has 0 aromatic carbocycles. The molecule has 1 aliphatic carbocycles. The third kappa shape index (κ3) is 3.14. The second-order valence-electron chi connectivity index (χ2n) is 5.95. The van der Waals surface area contributed by atoms with Crippen LogP contribution < -0.4 is 5.32 Å². The molecule has 2 unspecified atom stereocenters. The van der Waals surface area contributed by atoms with Crippen molar-refractivity contribution in [3.8, 4) is 0 Å². The maximum absolute atomic E-state index is 12.1. The third-order valence-electron chi connectivity index (χ3n) is 4.69. The predicted molar refractivity (Wildman–Crippen MR) is 76.4 cm³/mol. The van der Waals surface area contributed by atoms with E-state index in [0.717, 1.165) is 19.3 Å². The second kappa shape index (κ2) is 6.29. The van der Waals surface area contributed by atoms with E-state index in [4.69, 9.17) is 0 Å². The van der Waals surface area contributed by atoms with E-state index in [1.54, 1.807) is 4.90 Å². The van der Waals surface area contributed by atoms with Gasteiger partial charge in [-0.1, -0.05) is 19.1 Å². The number of carboxylic acid groups (broad SMARTS) is 1. The zero-order valence-corrected chi connectivity index (χ0v) is 12.1. The monoisotopic (exact) mass is 280 g/mol. The van der Waals surface area contributed by atoms with E-state index in [1.165, 1.54) is 0 Å². The lowest BCUT2D eigenvalue weighted by molar-refractivity contribution is -0.148. The summed E-state index contributed by atoms with van der Waals surface area (Å²) in [7, 11) is 0. The quantitative estimate of drug-likeness (QED) is 0.776. The number of amides is 2. The number of allylic oxidation sites excluding steroid dienone is 2. The molecule has 5 heteroatoms. The van der Waals surface area contributed by atoms with Gasteiger partial charge in [0.2, 0.25) is 0 Å². The molecule has 1 heterocycles. The molecule has 0 radical (unpaired) electrons. The predicted octanol–water partition coefficient (Wildman–Crippen LogP) is 2.24. The van der Waals surface area contributed by atoms with Crippen molar-refractivity contribution in [2.75, 3.05) is 19.6 Å². The van der Waals surface area contributed by atoms with Gasteiger partial charge < -0.3 is 15.3 Å². The van der Waals surface area contributed by atoms with Crippen molar-refractivity contribution < 1.29 is 14.7 Å². The summed E-state index contributed by atoms with van der Waals surface area (Å²) in [6, 6.07) is -0.115. The van der Waals surface area contributed by atoms with Gasteiger partial charge in [0, 0.05) is 19.6 Å². The molecule has 20 heavy (non-hydrogen) atoms. The fourth-order valence-corrected chi connectivity index (χ4v) is 3.05. The number of carboxylic acids is 1. The lowest BCUT2D eigenvalue weighted by atomic mass is 9.84. The van der Waals surface area contributed by atoms with Gasteiger partial charge >= 0.3 is 12.0 Å². The maximum Gasteiger partial charge on any atom is 0.317 e. The van der Waals surface area contributed by atoms with E-state index in [1.807, 2.05) is 6.92 Å². The zero-order valence-electron chi connectivity index (χ0n) is 12.1. The van der Waals surface area contributed by atoms with Gasteiger partial charge in [0.25, 0.3) is 0 Å². The Morgan fingerprint density at radius 1 is 1.45 bits per heavy atom. The first-order valence-corrected chi connectivity index (χ1v) is 7.48. The summed E-state index contributed by atoms with van der Waals surface area (Å²) in [5.74, 6) is -0.269. The highest BCUT2D eigenvalue weighted by atomic mass is 16.4. The highest BCUT2D eigenvalue weighted by Gasteiger charge is 2.44. The van der Waals surface area contributed by atoms with Gasteiger partial charge in [0.05, 0.1) is 5.41 Å². The first kappa shape index (κ1) is 14.9. The number of nitrogens with one attached hydrogen (secondary N) is 1. The van der Waals surface area contributed by atoms with Crippen molar-refractivity contribution in [3.05, 3.63) is 12.2 Å². The summed E-state index contributed by atoms with van der Waals surface area (Å²) < 4.78 is 0. The molecule has 0 bridgehead atoms. The van der Waals surface area contributed by atoms with Gasteiger partial charge in [-0.3, -0.25) is 4.79 Å². The minimum atomic E-state index is -0.785. The Morgan fingerprint density at radius 3 is 2.80 bits per heavy atom. The van der Waals surface area contributed by atoms with Crippen molar-refractivity contribution in [1.82, 2.24) is 10.2 Å². The molecule has 0 aromatic heterocycles. The van der Waals surface area contributed by atoms with Gasteiger partial charge in [0.15, 0.2) is 0 Å². The normalized spacial score (nSPS) is 29.4. The first-order chi connectivity index (χ1) is 9.57. The Kier molecular flexibility index (Phi) is 4.68. The Bertz CT molecular complexity index is 408. The summed E-state index contributed by atoms with van der Waals surface area (Å²) in [6.45, 7) is 3.43. The molecule has 2 amide bonds. The smallest absolute Gasteiger partial charge is 0.317 e. The SMILES string of the molecule is CCC1(C(=O)O)CCN(C(=O)NCC2CC=CCC2)C1. The van der Waals surface area contributed by atoms with Crippen molar-refractivity contribution in [2.45, 2.75) is 39.0 Å².